The van der Waals surface area contributed by atoms with Gasteiger partial charge in [-0.25, -0.2) is 4.39 Å². The number of nitrogens with zero attached hydrogens (tertiary/aromatic N) is 5. The first-order chi connectivity index (χ1) is 15.5. The number of piperidine rings is 1. The van der Waals surface area contributed by atoms with Gasteiger partial charge in [0.15, 0.2) is 0 Å². The van der Waals surface area contributed by atoms with Crippen molar-refractivity contribution in [1.82, 2.24) is 24.9 Å². The Morgan fingerprint density at radius 3 is 2.53 bits per heavy atom. The van der Waals surface area contributed by atoms with Crippen molar-refractivity contribution in [2.45, 2.75) is 25.4 Å². The van der Waals surface area contributed by atoms with Gasteiger partial charge in [0.1, 0.15) is 22.7 Å². The number of hydrogen-bond acceptors (Lipinski definition) is 5. The second-order valence-electron chi connectivity index (χ2n) is 8.79. The standard InChI is InChI=1S/C24H23FN6O/c1-14-4-3-5-19(25)24(14)31-21(32)11-20-23(28-31)22(27-26-20)15-6-8-16(9-7-15)30-12-17-10-18(13-30)29(17)2/h3-9,11,17-18,26H,10,12-13H2,1-2H3. The van der Waals surface area contributed by atoms with Gasteiger partial charge in [-0.1, -0.05) is 24.3 Å². The zero-order chi connectivity index (χ0) is 22.0. The van der Waals surface area contributed by atoms with Gasteiger partial charge >= 0.3 is 0 Å². The lowest BCUT2D eigenvalue weighted by Crippen LogP contribution is -2.67. The number of fused-ring (bicyclic) bond motifs is 3. The van der Waals surface area contributed by atoms with E-state index in [-0.39, 0.29) is 5.69 Å². The lowest BCUT2D eigenvalue weighted by molar-refractivity contribution is 0.0264. The highest BCUT2D eigenvalue weighted by Crippen LogP contribution is 2.34. The van der Waals surface area contributed by atoms with Gasteiger partial charge in [0.25, 0.3) is 5.56 Å². The maximum Gasteiger partial charge on any atom is 0.273 e. The topological polar surface area (TPSA) is 70.1 Å². The van der Waals surface area contributed by atoms with Crippen molar-refractivity contribution in [1.29, 1.82) is 0 Å². The SMILES string of the molecule is Cc1cccc(F)c1-n1nc2c(-c3ccc(N4CC5CC(C4)N5C)cc3)n[nH]c2cc1=O. The van der Waals surface area contributed by atoms with Crippen LogP contribution in [0.3, 0.4) is 0 Å². The van der Waals surface area contributed by atoms with Gasteiger partial charge < -0.3 is 4.90 Å². The molecule has 32 heavy (non-hydrogen) atoms. The summed E-state index contributed by atoms with van der Waals surface area (Å²) in [5, 5.41) is 11.8. The van der Waals surface area contributed by atoms with E-state index in [0.29, 0.717) is 34.4 Å². The molecule has 0 radical (unpaired) electrons. The number of hydrogen-bond donors (Lipinski definition) is 1. The fourth-order valence-electron chi connectivity index (χ4n) is 4.98. The summed E-state index contributed by atoms with van der Waals surface area (Å²) in [5.41, 5.74) is 4.17. The van der Waals surface area contributed by atoms with Crippen molar-refractivity contribution >= 4 is 16.7 Å². The Bertz CT molecular complexity index is 1360. The van der Waals surface area contributed by atoms with Gasteiger partial charge in [0.05, 0.1) is 5.52 Å². The van der Waals surface area contributed by atoms with Crippen LogP contribution in [0.15, 0.2) is 53.3 Å². The molecule has 0 spiro atoms. The third kappa shape index (κ3) is 2.86. The molecule has 2 bridgehead atoms. The number of piperazine rings is 1. The summed E-state index contributed by atoms with van der Waals surface area (Å²) in [6.07, 6.45) is 1.29. The smallest absolute Gasteiger partial charge is 0.273 e. The first-order valence-corrected chi connectivity index (χ1v) is 10.8. The Morgan fingerprint density at radius 1 is 1.09 bits per heavy atom. The van der Waals surface area contributed by atoms with Crippen LogP contribution in [-0.4, -0.2) is 57.1 Å². The van der Waals surface area contributed by atoms with Crippen molar-refractivity contribution in [2.75, 3.05) is 25.0 Å². The number of rotatable bonds is 3. The van der Waals surface area contributed by atoms with Gasteiger partial charge in [-0.05, 0) is 44.2 Å². The van der Waals surface area contributed by atoms with Crippen LogP contribution in [0.4, 0.5) is 10.1 Å². The number of anilines is 1. The highest BCUT2D eigenvalue weighted by Gasteiger charge is 2.42. The van der Waals surface area contributed by atoms with E-state index in [9.17, 15) is 9.18 Å². The van der Waals surface area contributed by atoms with Crippen LogP contribution in [0, 0.1) is 12.7 Å². The summed E-state index contributed by atoms with van der Waals surface area (Å²) in [7, 11) is 2.21. The van der Waals surface area contributed by atoms with Crippen LogP contribution in [0.5, 0.6) is 0 Å². The number of para-hydroxylation sites is 1. The molecule has 3 saturated heterocycles. The number of H-pyrrole nitrogens is 1. The summed E-state index contributed by atoms with van der Waals surface area (Å²) in [6, 6.07) is 15.7. The third-order valence-corrected chi connectivity index (χ3v) is 6.91. The number of likely N-dealkylation sites (N-methyl/N-ethyl adjacent to an activating group) is 1. The molecular weight excluding hydrogens is 407 g/mol. The van der Waals surface area contributed by atoms with Crippen molar-refractivity contribution < 1.29 is 4.39 Å². The molecule has 3 aliphatic rings. The van der Waals surface area contributed by atoms with Crippen LogP contribution < -0.4 is 10.5 Å². The van der Waals surface area contributed by atoms with E-state index in [0.717, 1.165) is 23.3 Å². The molecule has 2 aromatic heterocycles. The molecule has 0 aliphatic carbocycles. The Hall–Kier alpha value is -3.52. The van der Waals surface area contributed by atoms with Crippen LogP contribution in [0.1, 0.15) is 12.0 Å². The fourth-order valence-corrected chi connectivity index (χ4v) is 4.98. The van der Waals surface area contributed by atoms with Crippen LogP contribution in [0.2, 0.25) is 0 Å². The van der Waals surface area contributed by atoms with Crippen molar-refractivity contribution in [2.24, 2.45) is 0 Å². The zero-order valence-corrected chi connectivity index (χ0v) is 17.9. The van der Waals surface area contributed by atoms with Gasteiger partial charge in [0, 0.05) is 42.5 Å². The molecule has 2 atom stereocenters. The molecular formula is C24H23FN6O. The van der Waals surface area contributed by atoms with Crippen LogP contribution in [0.25, 0.3) is 28.0 Å². The average molecular weight is 430 g/mol. The second-order valence-corrected chi connectivity index (χ2v) is 8.79. The lowest BCUT2D eigenvalue weighted by Gasteiger charge is -2.55. The molecule has 7 nitrogen and oxygen atoms in total. The molecule has 2 aromatic carbocycles. The zero-order valence-electron chi connectivity index (χ0n) is 17.9. The molecule has 0 saturated carbocycles. The molecule has 3 fully saturated rings. The Kier molecular flexibility index (Phi) is 4.19. The van der Waals surface area contributed by atoms with Gasteiger partial charge in [-0.2, -0.15) is 14.9 Å². The van der Waals surface area contributed by atoms with Gasteiger partial charge in [-0.15, -0.1) is 0 Å². The van der Waals surface area contributed by atoms with Gasteiger partial charge in [0.2, 0.25) is 0 Å². The van der Waals surface area contributed by atoms with E-state index >= 15 is 0 Å². The van der Waals surface area contributed by atoms with E-state index in [4.69, 9.17) is 0 Å². The Labute approximate surface area is 184 Å². The molecule has 3 aliphatic heterocycles. The number of nitrogens with one attached hydrogen (secondary N) is 1. The molecule has 162 valence electrons. The monoisotopic (exact) mass is 430 g/mol. The number of aromatic amines is 1. The summed E-state index contributed by atoms with van der Waals surface area (Å²) in [4.78, 5) is 17.5. The summed E-state index contributed by atoms with van der Waals surface area (Å²) in [5.74, 6) is -0.487. The summed E-state index contributed by atoms with van der Waals surface area (Å²) < 4.78 is 15.6. The van der Waals surface area contributed by atoms with Crippen molar-refractivity contribution in [3.8, 4) is 16.9 Å². The normalized spacial score (nSPS) is 20.5. The second kappa shape index (κ2) is 7.00. The highest BCUT2D eigenvalue weighted by molar-refractivity contribution is 5.89. The minimum absolute atomic E-state index is 0.163. The summed E-state index contributed by atoms with van der Waals surface area (Å²) in [6.45, 7) is 3.86. The average Bonchev–Trinajstić information content (AvgIpc) is 3.21. The molecule has 7 rings (SSSR count). The number of aryl methyl sites for hydroxylation is 1. The maximum atomic E-state index is 14.5. The van der Waals surface area contributed by atoms with Crippen LogP contribution >= 0.6 is 0 Å². The highest BCUT2D eigenvalue weighted by atomic mass is 19.1. The van der Waals surface area contributed by atoms with E-state index < -0.39 is 11.4 Å². The molecule has 2 unspecified atom stereocenters. The first kappa shape index (κ1) is 19.2. The third-order valence-electron chi connectivity index (χ3n) is 6.91. The predicted molar refractivity (Wildman–Crippen MR) is 122 cm³/mol. The minimum Gasteiger partial charge on any atom is -0.368 e. The first-order valence-electron chi connectivity index (χ1n) is 10.8. The maximum absolute atomic E-state index is 14.5. The molecule has 0 amide bonds. The molecule has 1 N–H and O–H groups in total. The molecule has 4 aromatic rings. The van der Waals surface area contributed by atoms with E-state index in [1.54, 1.807) is 19.1 Å². The number of aromatic nitrogens is 4. The van der Waals surface area contributed by atoms with Crippen molar-refractivity contribution in [3.05, 3.63) is 70.3 Å². The van der Waals surface area contributed by atoms with Gasteiger partial charge in [-0.3, -0.25) is 14.8 Å². The van der Waals surface area contributed by atoms with Crippen LogP contribution in [-0.2, 0) is 0 Å². The quantitative estimate of drug-likeness (QED) is 0.541. The predicted octanol–water partition coefficient (Wildman–Crippen LogP) is 3.12. The van der Waals surface area contributed by atoms with E-state index in [2.05, 4.69) is 44.3 Å². The van der Waals surface area contributed by atoms with E-state index in [1.165, 1.54) is 24.2 Å². The largest absolute Gasteiger partial charge is 0.368 e. The Morgan fingerprint density at radius 2 is 1.84 bits per heavy atom. The molecule has 5 heterocycles. The Balaban J connectivity index is 1.38. The minimum atomic E-state index is -0.487. The lowest BCUT2D eigenvalue weighted by atomic mass is 9.88. The number of halogens is 1. The molecule has 8 heteroatoms. The van der Waals surface area contributed by atoms with Crippen molar-refractivity contribution in [3.63, 3.8) is 0 Å². The van der Waals surface area contributed by atoms with E-state index in [1.807, 2.05) is 12.1 Å². The number of benzene rings is 2. The summed E-state index contributed by atoms with van der Waals surface area (Å²) >= 11 is 0. The fraction of sp³-hybridized carbons (Fsp3) is 0.292.